The lowest BCUT2D eigenvalue weighted by Crippen LogP contribution is -2.36. The molecular formula is C16H22FNO3. The van der Waals surface area contributed by atoms with Crippen LogP contribution in [0.1, 0.15) is 38.8 Å². The minimum atomic E-state index is -0.589. The van der Waals surface area contributed by atoms with E-state index in [1.165, 1.54) is 0 Å². The first-order chi connectivity index (χ1) is 9.80. The molecule has 5 heteroatoms. The number of carbonyl (C=O) groups excluding carboxylic acids is 1. The number of alkyl halides is 1. The van der Waals surface area contributed by atoms with Gasteiger partial charge in [0.15, 0.2) is 0 Å². The minimum Gasteiger partial charge on any atom is -0.508 e. The van der Waals surface area contributed by atoms with Gasteiger partial charge in [0.25, 0.3) is 0 Å². The van der Waals surface area contributed by atoms with E-state index in [1.54, 1.807) is 43.9 Å². The zero-order valence-electron chi connectivity index (χ0n) is 12.7. The van der Waals surface area contributed by atoms with Crippen LogP contribution in [-0.2, 0) is 4.74 Å². The fourth-order valence-corrected chi connectivity index (χ4v) is 2.61. The molecule has 2 rings (SSSR count). The predicted octanol–water partition coefficient (Wildman–Crippen LogP) is 3.66. The molecule has 0 spiro atoms. The zero-order valence-corrected chi connectivity index (χ0v) is 12.7. The van der Waals surface area contributed by atoms with Gasteiger partial charge in [0.05, 0.1) is 12.7 Å². The molecule has 2 unspecified atom stereocenters. The summed E-state index contributed by atoms with van der Waals surface area (Å²) in [5.74, 6) is -0.0507. The molecule has 116 valence electrons. The standard InChI is InChI=1S/C16H22FNO3/c1-16(2,3)21-15(20)18-10-11(9-17)7-14(18)12-5-4-6-13(19)8-12/h4-6,8,11,14,19H,7,9-10H2,1-3H3. The largest absolute Gasteiger partial charge is 0.508 e. The molecule has 21 heavy (non-hydrogen) atoms. The summed E-state index contributed by atoms with van der Waals surface area (Å²) in [6, 6.07) is 6.49. The predicted molar refractivity (Wildman–Crippen MR) is 77.9 cm³/mol. The Balaban J connectivity index is 2.22. The van der Waals surface area contributed by atoms with Gasteiger partial charge >= 0.3 is 6.09 Å². The number of rotatable bonds is 2. The molecule has 1 aromatic rings. The quantitative estimate of drug-likeness (QED) is 0.906. The van der Waals surface area contributed by atoms with Crippen molar-refractivity contribution in [3.8, 4) is 5.75 Å². The number of likely N-dealkylation sites (tertiary alicyclic amines) is 1. The van der Waals surface area contributed by atoms with Crippen molar-refractivity contribution in [2.75, 3.05) is 13.2 Å². The molecule has 1 amide bonds. The molecule has 0 aromatic heterocycles. The fourth-order valence-electron chi connectivity index (χ4n) is 2.61. The van der Waals surface area contributed by atoms with Crippen LogP contribution in [0.25, 0.3) is 0 Å². The van der Waals surface area contributed by atoms with Crippen LogP contribution in [0.3, 0.4) is 0 Å². The van der Waals surface area contributed by atoms with Crippen LogP contribution >= 0.6 is 0 Å². The Bertz CT molecular complexity index is 512. The summed E-state index contributed by atoms with van der Waals surface area (Å²) in [7, 11) is 0. The van der Waals surface area contributed by atoms with Crippen LogP contribution < -0.4 is 0 Å². The van der Waals surface area contributed by atoms with Gasteiger partial charge in [-0.3, -0.25) is 4.39 Å². The van der Waals surface area contributed by atoms with E-state index < -0.39 is 18.4 Å². The van der Waals surface area contributed by atoms with Gasteiger partial charge in [0.1, 0.15) is 11.4 Å². The van der Waals surface area contributed by atoms with Gasteiger partial charge in [-0.2, -0.15) is 0 Å². The zero-order chi connectivity index (χ0) is 15.6. The second-order valence-corrected chi connectivity index (χ2v) is 6.50. The highest BCUT2D eigenvalue weighted by Gasteiger charge is 2.38. The van der Waals surface area contributed by atoms with E-state index in [1.807, 2.05) is 6.07 Å². The van der Waals surface area contributed by atoms with Crippen LogP contribution in [-0.4, -0.2) is 34.9 Å². The van der Waals surface area contributed by atoms with Crippen molar-refractivity contribution < 1.29 is 19.0 Å². The third-order valence-electron chi connectivity index (χ3n) is 3.49. The molecule has 1 aliphatic heterocycles. The molecule has 2 atom stereocenters. The van der Waals surface area contributed by atoms with Gasteiger partial charge < -0.3 is 14.7 Å². The Labute approximate surface area is 124 Å². The monoisotopic (exact) mass is 295 g/mol. The van der Waals surface area contributed by atoms with Gasteiger partial charge in [-0.1, -0.05) is 12.1 Å². The van der Waals surface area contributed by atoms with Crippen molar-refractivity contribution in [2.45, 2.75) is 38.8 Å². The van der Waals surface area contributed by atoms with E-state index in [2.05, 4.69) is 0 Å². The topological polar surface area (TPSA) is 49.8 Å². The summed E-state index contributed by atoms with van der Waals surface area (Å²) < 4.78 is 18.4. The summed E-state index contributed by atoms with van der Waals surface area (Å²) >= 11 is 0. The molecule has 1 saturated heterocycles. The van der Waals surface area contributed by atoms with Crippen LogP contribution in [0.5, 0.6) is 5.75 Å². The number of ether oxygens (including phenoxy) is 1. The first-order valence-electron chi connectivity index (χ1n) is 7.14. The molecule has 0 bridgehead atoms. The molecule has 1 heterocycles. The molecule has 1 aliphatic rings. The van der Waals surface area contributed by atoms with E-state index in [0.29, 0.717) is 13.0 Å². The molecule has 1 N–H and O–H groups in total. The first-order valence-corrected chi connectivity index (χ1v) is 7.14. The minimum absolute atomic E-state index is 0.139. The van der Waals surface area contributed by atoms with E-state index in [0.717, 1.165) is 5.56 Å². The highest BCUT2D eigenvalue weighted by molar-refractivity contribution is 5.69. The summed E-state index contributed by atoms with van der Waals surface area (Å²) in [6.07, 6.45) is 0.103. The number of nitrogens with zero attached hydrogens (tertiary/aromatic N) is 1. The van der Waals surface area contributed by atoms with Crippen molar-refractivity contribution in [1.29, 1.82) is 0 Å². The number of carbonyl (C=O) groups is 1. The molecule has 4 nitrogen and oxygen atoms in total. The van der Waals surface area contributed by atoms with Crippen molar-refractivity contribution >= 4 is 6.09 Å². The van der Waals surface area contributed by atoms with Crippen molar-refractivity contribution in [3.63, 3.8) is 0 Å². The van der Waals surface area contributed by atoms with Crippen molar-refractivity contribution in [2.24, 2.45) is 5.92 Å². The van der Waals surface area contributed by atoms with Gasteiger partial charge in [0, 0.05) is 12.5 Å². The van der Waals surface area contributed by atoms with Gasteiger partial charge in [-0.25, -0.2) is 4.79 Å². The van der Waals surface area contributed by atoms with Crippen LogP contribution in [0, 0.1) is 5.92 Å². The number of phenols is 1. The fraction of sp³-hybridized carbons (Fsp3) is 0.562. The third-order valence-corrected chi connectivity index (χ3v) is 3.49. The van der Waals surface area contributed by atoms with E-state index in [-0.39, 0.29) is 17.7 Å². The molecule has 0 radical (unpaired) electrons. The lowest BCUT2D eigenvalue weighted by molar-refractivity contribution is 0.0218. The Kier molecular flexibility index (Phi) is 4.40. The normalized spacial score (nSPS) is 22.4. The van der Waals surface area contributed by atoms with Gasteiger partial charge in [-0.05, 0) is 44.9 Å². The Morgan fingerprint density at radius 1 is 1.48 bits per heavy atom. The number of hydrogen-bond donors (Lipinski definition) is 1. The number of benzene rings is 1. The average Bonchev–Trinajstić information content (AvgIpc) is 2.81. The number of halogens is 1. The Hall–Kier alpha value is -1.78. The molecular weight excluding hydrogens is 273 g/mol. The molecule has 0 aliphatic carbocycles. The maximum Gasteiger partial charge on any atom is 0.410 e. The van der Waals surface area contributed by atoms with Crippen molar-refractivity contribution in [1.82, 2.24) is 4.90 Å². The lowest BCUT2D eigenvalue weighted by atomic mass is 10.0. The van der Waals surface area contributed by atoms with E-state index >= 15 is 0 Å². The van der Waals surface area contributed by atoms with Crippen LogP contribution in [0.2, 0.25) is 0 Å². The van der Waals surface area contributed by atoms with Crippen molar-refractivity contribution in [3.05, 3.63) is 29.8 Å². The third kappa shape index (κ3) is 3.86. The Morgan fingerprint density at radius 2 is 2.19 bits per heavy atom. The van der Waals surface area contributed by atoms with E-state index in [4.69, 9.17) is 4.74 Å². The number of phenolic OH excluding ortho intramolecular Hbond substituents is 1. The highest BCUT2D eigenvalue weighted by atomic mass is 19.1. The van der Waals surface area contributed by atoms with Crippen LogP contribution in [0.4, 0.5) is 9.18 Å². The second-order valence-electron chi connectivity index (χ2n) is 6.50. The Morgan fingerprint density at radius 3 is 2.76 bits per heavy atom. The second kappa shape index (κ2) is 5.92. The first kappa shape index (κ1) is 15.6. The molecule has 1 aromatic carbocycles. The lowest BCUT2D eigenvalue weighted by Gasteiger charge is -2.28. The summed E-state index contributed by atoms with van der Waals surface area (Å²) in [4.78, 5) is 13.9. The average molecular weight is 295 g/mol. The smallest absolute Gasteiger partial charge is 0.410 e. The van der Waals surface area contributed by atoms with Crippen LogP contribution in [0.15, 0.2) is 24.3 Å². The number of hydrogen-bond acceptors (Lipinski definition) is 3. The summed E-state index contributed by atoms with van der Waals surface area (Å²) in [5.41, 5.74) is 0.214. The van der Waals surface area contributed by atoms with Gasteiger partial charge in [-0.15, -0.1) is 0 Å². The number of amides is 1. The highest BCUT2D eigenvalue weighted by Crippen LogP contribution is 2.37. The molecule has 1 fully saturated rings. The molecule has 0 saturated carbocycles. The maximum absolute atomic E-state index is 13.0. The SMILES string of the molecule is CC(C)(C)OC(=O)N1CC(CF)CC1c1cccc(O)c1. The van der Waals surface area contributed by atoms with Gasteiger partial charge in [0.2, 0.25) is 0 Å². The maximum atomic E-state index is 13.0. The van der Waals surface area contributed by atoms with E-state index in [9.17, 15) is 14.3 Å². The number of aromatic hydroxyl groups is 1. The summed E-state index contributed by atoms with van der Waals surface area (Å²) in [6.45, 7) is 5.28. The summed E-state index contributed by atoms with van der Waals surface area (Å²) in [5, 5.41) is 9.60.